The number of nitrogens with zero attached hydrogens (tertiary/aromatic N) is 4. The second kappa shape index (κ2) is 7.49. The molecule has 2 amide bonds. The number of ether oxygens (including phenoxy) is 1. The van der Waals surface area contributed by atoms with E-state index in [1.54, 1.807) is 6.07 Å². The summed E-state index contributed by atoms with van der Waals surface area (Å²) in [5.41, 5.74) is 6.88. The van der Waals surface area contributed by atoms with Gasteiger partial charge in [-0.3, -0.25) is 9.20 Å². The van der Waals surface area contributed by atoms with Gasteiger partial charge in [0.15, 0.2) is 5.65 Å². The van der Waals surface area contributed by atoms with Crippen molar-refractivity contribution in [3.63, 3.8) is 0 Å². The van der Waals surface area contributed by atoms with E-state index in [1.165, 1.54) is 0 Å². The van der Waals surface area contributed by atoms with Crippen LogP contribution in [-0.2, 0) is 4.74 Å². The summed E-state index contributed by atoms with van der Waals surface area (Å²) in [5.74, 6) is 0.512. The molecular weight excluding hydrogens is 382 g/mol. The van der Waals surface area contributed by atoms with Crippen molar-refractivity contribution in [3.05, 3.63) is 29.6 Å². The maximum absolute atomic E-state index is 12.8. The van der Waals surface area contributed by atoms with Gasteiger partial charge >= 0.3 is 6.09 Å². The van der Waals surface area contributed by atoms with Crippen molar-refractivity contribution in [2.45, 2.75) is 71.1 Å². The number of fused-ring (bicyclic) bond motifs is 1. The number of hydrogen-bond donors (Lipinski definition) is 1. The van der Waals surface area contributed by atoms with Gasteiger partial charge in [-0.05, 0) is 65.5 Å². The standard InChI is InChI=1S/C22H31N5O3/c1-14-13-26-18(8-7-17(19(23)28)20(26)24-14)25-11-9-16(10-12-25)27(15-5-6-15)21(29)30-22(2,3)4/h7-8,13,15-16H,5-6,9-12H2,1-4H3,(H2,23,28). The van der Waals surface area contributed by atoms with E-state index in [9.17, 15) is 9.59 Å². The highest BCUT2D eigenvalue weighted by atomic mass is 16.6. The number of hydrogen-bond acceptors (Lipinski definition) is 5. The number of anilines is 1. The Bertz CT molecular complexity index is 965. The molecule has 8 nitrogen and oxygen atoms in total. The number of nitrogens with two attached hydrogens (primary N) is 1. The van der Waals surface area contributed by atoms with Gasteiger partial charge < -0.3 is 20.3 Å². The van der Waals surface area contributed by atoms with Crippen molar-refractivity contribution in [1.82, 2.24) is 14.3 Å². The van der Waals surface area contributed by atoms with Crippen molar-refractivity contribution in [3.8, 4) is 0 Å². The monoisotopic (exact) mass is 413 g/mol. The molecule has 0 aromatic carbocycles. The van der Waals surface area contributed by atoms with E-state index in [-0.39, 0.29) is 12.1 Å². The number of carbonyl (C=O) groups is 2. The van der Waals surface area contributed by atoms with E-state index >= 15 is 0 Å². The van der Waals surface area contributed by atoms with Crippen LogP contribution in [0.15, 0.2) is 18.3 Å². The van der Waals surface area contributed by atoms with Crippen LogP contribution >= 0.6 is 0 Å². The Kier molecular flexibility index (Phi) is 5.11. The molecule has 1 saturated heterocycles. The van der Waals surface area contributed by atoms with E-state index < -0.39 is 11.5 Å². The number of carbonyl (C=O) groups excluding carboxylic acids is 2. The number of piperidine rings is 1. The lowest BCUT2D eigenvalue weighted by molar-refractivity contribution is 0.0113. The third-order valence-electron chi connectivity index (χ3n) is 5.71. The van der Waals surface area contributed by atoms with Crippen LogP contribution < -0.4 is 10.6 Å². The minimum Gasteiger partial charge on any atom is -0.444 e. The second-order valence-corrected chi connectivity index (χ2v) is 9.38. The normalized spacial score (nSPS) is 17.9. The molecule has 4 rings (SSSR count). The van der Waals surface area contributed by atoms with Gasteiger partial charge in [-0.1, -0.05) is 0 Å². The minimum absolute atomic E-state index is 0.188. The molecule has 0 unspecified atom stereocenters. The number of primary amides is 1. The maximum atomic E-state index is 12.8. The lowest BCUT2D eigenvalue weighted by Crippen LogP contribution is -2.50. The van der Waals surface area contributed by atoms with Crippen molar-refractivity contribution < 1.29 is 14.3 Å². The molecular formula is C22H31N5O3. The molecule has 0 atom stereocenters. The molecule has 162 valence electrons. The quantitative estimate of drug-likeness (QED) is 0.831. The molecule has 2 aliphatic rings. The summed E-state index contributed by atoms with van der Waals surface area (Å²) in [6, 6.07) is 4.19. The number of amides is 2. The molecule has 0 spiro atoms. The SMILES string of the molecule is Cc1cn2c(N3CCC(N(C(=O)OC(C)(C)C)C4CC4)CC3)ccc(C(N)=O)c2n1. The van der Waals surface area contributed by atoms with E-state index in [0.717, 1.165) is 50.3 Å². The van der Waals surface area contributed by atoms with Gasteiger partial charge in [0.1, 0.15) is 11.4 Å². The van der Waals surface area contributed by atoms with E-state index in [4.69, 9.17) is 10.5 Å². The fraction of sp³-hybridized carbons (Fsp3) is 0.591. The van der Waals surface area contributed by atoms with E-state index in [0.29, 0.717) is 17.3 Å². The summed E-state index contributed by atoms with van der Waals surface area (Å²) in [6.45, 7) is 9.27. The van der Waals surface area contributed by atoms with Crippen LogP contribution in [0.5, 0.6) is 0 Å². The average molecular weight is 414 g/mol. The number of imidazole rings is 1. The summed E-state index contributed by atoms with van der Waals surface area (Å²) in [5, 5.41) is 0. The highest BCUT2D eigenvalue weighted by Gasteiger charge is 2.40. The van der Waals surface area contributed by atoms with E-state index in [2.05, 4.69) is 9.88 Å². The van der Waals surface area contributed by atoms with Gasteiger partial charge in [0.2, 0.25) is 0 Å². The molecule has 2 fully saturated rings. The lowest BCUT2D eigenvalue weighted by Gasteiger charge is -2.40. The predicted octanol–water partition coefficient (Wildman–Crippen LogP) is 3.11. The van der Waals surface area contributed by atoms with Crippen LogP contribution in [0.25, 0.3) is 5.65 Å². The second-order valence-electron chi connectivity index (χ2n) is 9.38. The zero-order valence-electron chi connectivity index (χ0n) is 18.2. The number of aryl methyl sites for hydroxylation is 1. The highest BCUT2D eigenvalue weighted by molar-refractivity contribution is 5.99. The summed E-state index contributed by atoms with van der Waals surface area (Å²) < 4.78 is 7.63. The third-order valence-corrected chi connectivity index (χ3v) is 5.71. The number of rotatable bonds is 4. The summed E-state index contributed by atoms with van der Waals surface area (Å²) in [4.78, 5) is 33.3. The fourth-order valence-electron chi connectivity index (χ4n) is 4.26. The number of pyridine rings is 1. The molecule has 3 heterocycles. The summed E-state index contributed by atoms with van der Waals surface area (Å²) in [6.07, 6.45) is 5.61. The van der Waals surface area contributed by atoms with Crippen molar-refractivity contribution in [2.24, 2.45) is 5.73 Å². The first kappa shape index (κ1) is 20.5. The van der Waals surface area contributed by atoms with Gasteiger partial charge in [-0.15, -0.1) is 0 Å². The van der Waals surface area contributed by atoms with Crippen LogP contribution in [0.2, 0.25) is 0 Å². The van der Waals surface area contributed by atoms with Gasteiger partial charge in [0, 0.05) is 31.4 Å². The van der Waals surface area contributed by atoms with Crippen LogP contribution in [-0.4, -0.2) is 57.1 Å². The molecule has 0 bridgehead atoms. The molecule has 1 aliphatic heterocycles. The van der Waals surface area contributed by atoms with Crippen molar-refractivity contribution in [1.29, 1.82) is 0 Å². The first-order valence-electron chi connectivity index (χ1n) is 10.7. The lowest BCUT2D eigenvalue weighted by atomic mass is 10.0. The molecule has 1 saturated carbocycles. The van der Waals surface area contributed by atoms with Crippen molar-refractivity contribution >= 4 is 23.5 Å². The Morgan fingerprint density at radius 3 is 2.33 bits per heavy atom. The molecule has 0 radical (unpaired) electrons. The first-order valence-corrected chi connectivity index (χ1v) is 10.7. The highest BCUT2D eigenvalue weighted by Crippen LogP contribution is 2.34. The summed E-state index contributed by atoms with van der Waals surface area (Å²) >= 11 is 0. The smallest absolute Gasteiger partial charge is 0.410 e. The van der Waals surface area contributed by atoms with Gasteiger partial charge in [0.05, 0.1) is 11.3 Å². The Morgan fingerprint density at radius 1 is 1.13 bits per heavy atom. The van der Waals surface area contributed by atoms with Gasteiger partial charge in [-0.25, -0.2) is 9.78 Å². The Balaban J connectivity index is 1.51. The van der Waals surface area contributed by atoms with Gasteiger partial charge in [-0.2, -0.15) is 0 Å². The fourth-order valence-corrected chi connectivity index (χ4v) is 4.26. The maximum Gasteiger partial charge on any atom is 0.410 e. The van der Waals surface area contributed by atoms with Crippen LogP contribution in [0.3, 0.4) is 0 Å². The van der Waals surface area contributed by atoms with Crippen molar-refractivity contribution in [2.75, 3.05) is 18.0 Å². The van der Waals surface area contributed by atoms with Crippen LogP contribution in [0.4, 0.5) is 10.6 Å². The zero-order valence-corrected chi connectivity index (χ0v) is 18.2. The number of aromatic nitrogens is 2. The molecule has 2 N–H and O–H groups in total. The predicted molar refractivity (Wildman–Crippen MR) is 115 cm³/mol. The summed E-state index contributed by atoms with van der Waals surface area (Å²) in [7, 11) is 0. The molecule has 1 aliphatic carbocycles. The average Bonchev–Trinajstić information content (AvgIpc) is 3.39. The third kappa shape index (κ3) is 4.08. The molecule has 8 heteroatoms. The van der Waals surface area contributed by atoms with Crippen LogP contribution in [0.1, 0.15) is 62.5 Å². The topological polar surface area (TPSA) is 93.2 Å². The minimum atomic E-state index is -0.488. The molecule has 30 heavy (non-hydrogen) atoms. The van der Waals surface area contributed by atoms with Gasteiger partial charge in [0.25, 0.3) is 5.91 Å². The Labute approximate surface area is 177 Å². The van der Waals surface area contributed by atoms with E-state index in [1.807, 2.05) is 49.3 Å². The van der Waals surface area contributed by atoms with Crippen LogP contribution in [0, 0.1) is 6.92 Å². The Morgan fingerprint density at radius 2 is 1.77 bits per heavy atom. The first-order chi connectivity index (χ1) is 14.1. The largest absolute Gasteiger partial charge is 0.444 e. The molecule has 2 aromatic rings. The zero-order chi connectivity index (χ0) is 21.6. The Hall–Kier alpha value is -2.77. The molecule has 2 aromatic heterocycles.